The van der Waals surface area contributed by atoms with Crippen molar-refractivity contribution >= 4 is 17.3 Å². The van der Waals surface area contributed by atoms with Crippen molar-refractivity contribution in [2.24, 2.45) is 5.73 Å². The van der Waals surface area contributed by atoms with E-state index in [2.05, 4.69) is 5.32 Å². The zero-order valence-corrected chi connectivity index (χ0v) is 11.9. The smallest absolute Gasteiger partial charge is 0.248 e. The van der Waals surface area contributed by atoms with Gasteiger partial charge in [0.2, 0.25) is 5.91 Å². The molecule has 0 fully saturated rings. The van der Waals surface area contributed by atoms with Crippen LogP contribution in [0.5, 0.6) is 0 Å². The molecule has 1 aromatic rings. The predicted molar refractivity (Wildman–Crippen MR) is 79.8 cm³/mol. The summed E-state index contributed by atoms with van der Waals surface area (Å²) in [6, 6.07) is 5.01. The molecule has 20 heavy (non-hydrogen) atoms. The molecule has 6 nitrogen and oxygen atoms in total. The highest BCUT2D eigenvalue weighted by molar-refractivity contribution is 5.94. The molecule has 0 aliphatic carbocycles. The lowest BCUT2D eigenvalue weighted by atomic mass is 10.1. The predicted octanol–water partition coefficient (Wildman–Crippen LogP) is 1.22. The first-order valence-electron chi connectivity index (χ1n) is 6.65. The van der Waals surface area contributed by atoms with Gasteiger partial charge in [0.15, 0.2) is 0 Å². The Morgan fingerprint density at radius 1 is 1.25 bits per heavy atom. The van der Waals surface area contributed by atoms with E-state index in [1.807, 2.05) is 0 Å². The van der Waals surface area contributed by atoms with Gasteiger partial charge in [-0.25, -0.2) is 0 Å². The summed E-state index contributed by atoms with van der Waals surface area (Å²) in [6.07, 6.45) is 1.94. The minimum atomic E-state index is -0.476. The largest absolute Gasteiger partial charge is 0.397 e. The monoisotopic (exact) mass is 281 g/mol. The molecule has 0 unspecified atom stereocenters. The Kier molecular flexibility index (Phi) is 7.46. The number of hydrogen-bond donors (Lipinski definition) is 3. The van der Waals surface area contributed by atoms with Gasteiger partial charge in [0.05, 0.1) is 24.6 Å². The highest BCUT2D eigenvalue weighted by atomic mass is 16.5. The van der Waals surface area contributed by atoms with Gasteiger partial charge >= 0.3 is 0 Å². The van der Waals surface area contributed by atoms with Crippen LogP contribution in [0.3, 0.4) is 0 Å². The molecule has 0 heterocycles. The number of ether oxygens (including phenoxy) is 2. The maximum Gasteiger partial charge on any atom is 0.248 e. The van der Waals surface area contributed by atoms with E-state index >= 15 is 0 Å². The molecule has 0 aliphatic rings. The van der Waals surface area contributed by atoms with Crippen molar-refractivity contribution in [3.05, 3.63) is 23.8 Å². The molecule has 0 bridgehead atoms. The first kappa shape index (κ1) is 16.3. The fourth-order valence-corrected chi connectivity index (χ4v) is 1.67. The average molecular weight is 281 g/mol. The number of carbonyl (C=O) groups excluding carboxylic acids is 1. The molecule has 0 radical (unpaired) electrons. The topological polar surface area (TPSA) is 99.6 Å². The number of carbonyl (C=O) groups is 1. The normalized spacial score (nSPS) is 10.4. The summed E-state index contributed by atoms with van der Waals surface area (Å²) in [5.41, 5.74) is 12.8. The van der Waals surface area contributed by atoms with Gasteiger partial charge in [-0.1, -0.05) is 0 Å². The Balaban J connectivity index is 2.20. The number of hydrogen-bond acceptors (Lipinski definition) is 5. The minimum Gasteiger partial charge on any atom is -0.397 e. The van der Waals surface area contributed by atoms with Crippen LogP contribution in [0.2, 0.25) is 0 Å². The van der Waals surface area contributed by atoms with Crippen molar-refractivity contribution in [1.82, 2.24) is 0 Å². The summed E-state index contributed by atoms with van der Waals surface area (Å²) in [6.45, 7) is 2.78. The SMILES string of the molecule is COCCOCCCCNc1ccc(C(N)=O)cc1N. The Labute approximate surface area is 119 Å². The van der Waals surface area contributed by atoms with Crippen LogP contribution in [-0.4, -0.2) is 39.4 Å². The van der Waals surface area contributed by atoms with Crippen LogP contribution in [0, 0.1) is 0 Å². The molecule has 1 rings (SSSR count). The molecule has 1 amide bonds. The molecule has 6 heteroatoms. The molecule has 5 N–H and O–H groups in total. The maximum atomic E-state index is 11.0. The van der Waals surface area contributed by atoms with Crippen LogP contribution in [0.25, 0.3) is 0 Å². The summed E-state index contributed by atoms with van der Waals surface area (Å²) in [5.74, 6) is -0.476. The Morgan fingerprint density at radius 3 is 2.70 bits per heavy atom. The molecule has 112 valence electrons. The third kappa shape index (κ3) is 5.90. The number of unbranched alkanes of at least 4 members (excludes halogenated alkanes) is 1. The number of amides is 1. The van der Waals surface area contributed by atoms with E-state index in [0.717, 1.165) is 31.7 Å². The highest BCUT2D eigenvalue weighted by Gasteiger charge is 2.04. The lowest BCUT2D eigenvalue weighted by Gasteiger charge is -2.10. The third-order valence-corrected chi connectivity index (χ3v) is 2.80. The molecular weight excluding hydrogens is 258 g/mol. The summed E-state index contributed by atoms with van der Waals surface area (Å²) in [7, 11) is 1.65. The first-order valence-corrected chi connectivity index (χ1v) is 6.65. The van der Waals surface area contributed by atoms with E-state index < -0.39 is 5.91 Å². The number of anilines is 2. The van der Waals surface area contributed by atoms with Crippen LogP contribution in [0.1, 0.15) is 23.2 Å². The van der Waals surface area contributed by atoms with Gasteiger partial charge in [-0.15, -0.1) is 0 Å². The fraction of sp³-hybridized carbons (Fsp3) is 0.500. The van der Waals surface area contributed by atoms with Crippen molar-refractivity contribution in [1.29, 1.82) is 0 Å². The Morgan fingerprint density at radius 2 is 2.05 bits per heavy atom. The van der Waals surface area contributed by atoms with Crippen LogP contribution >= 0.6 is 0 Å². The summed E-state index contributed by atoms with van der Waals surface area (Å²) < 4.78 is 10.2. The molecule has 0 spiro atoms. The number of rotatable bonds is 10. The third-order valence-electron chi connectivity index (χ3n) is 2.80. The molecule has 0 atom stereocenters. The van der Waals surface area contributed by atoms with Crippen molar-refractivity contribution in [2.45, 2.75) is 12.8 Å². The number of nitrogens with one attached hydrogen (secondary N) is 1. The fourth-order valence-electron chi connectivity index (χ4n) is 1.67. The summed E-state index contributed by atoms with van der Waals surface area (Å²) in [5, 5.41) is 3.22. The van der Waals surface area contributed by atoms with E-state index in [1.54, 1.807) is 25.3 Å². The molecule has 1 aromatic carbocycles. The van der Waals surface area contributed by atoms with Gasteiger partial charge < -0.3 is 26.3 Å². The van der Waals surface area contributed by atoms with Crippen LogP contribution in [0.15, 0.2) is 18.2 Å². The van der Waals surface area contributed by atoms with Crippen molar-refractivity contribution in [3.63, 3.8) is 0 Å². The second kappa shape index (κ2) is 9.17. The number of nitrogen functional groups attached to an aromatic ring is 1. The summed E-state index contributed by atoms with van der Waals surface area (Å²) in [4.78, 5) is 11.0. The maximum absolute atomic E-state index is 11.0. The zero-order chi connectivity index (χ0) is 14.8. The van der Waals surface area contributed by atoms with Gasteiger partial charge in [0.25, 0.3) is 0 Å². The van der Waals surface area contributed by atoms with Crippen molar-refractivity contribution in [2.75, 3.05) is 44.5 Å². The van der Waals surface area contributed by atoms with Crippen LogP contribution in [-0.2, 0) is 9.47 Å². The van der Waals surface area contributed by atoms with E-state index in [0.29, 0.717) is 24.5 Å². The van der Waals surface area contributed by atoms with Crippen molar-refractivity contribution in [3.8, 4) is 0 Å². The molecular formula is C14H23N3O3. The number of nitrogens with two attached hydrogens (primary N) is 2. The Hall–Kier alpha value is -1.79. The highest BCUT2D eigenvalue weighted by Crippen LogP contribution is 2.19. The van der Waals surface area contributed by atoms with E-state index in [9.17, 15) is 4.79 Å². The molecule has 0 saturated carbocycles. The van der Waals surface area contributed by atoms with Gasteiger partial charge in [0.1, 0.15) is 0 Å². The second-order valence-electron chi connectivity index (χ2n) is 4.41. The Bertz CT molecular complexity index is 424. The number of benzene rings is 1. The van der Waals surface area contributed by atoms with Crippen LogP contribution < -0.4 is 16.8 Å². The van der Waals surface area contributed by atoms with Gasteiger partial charge in [-0.2, -0.15) is 0 Å². The quantitative estimate of drug-likeness (QED) is 0.442. The standard InChI is InChI=1S/C14H23N3O3/c1-19-8-9-20-7-3-2-6-17-13-5-4-11(14(16)18)10-12(13)15/h4-5,10,17H,2-3,6-9,15H2,1H3,(H2,16,18). The van der Waals surface area contributed by atoms with Gasteiger partial charge in [-0.05, 0) is 31.0 Å². The van der Waals surface area contributed by atoms with E-state index in [1.165, 1.54) is 0 Å². The molecule has 0 aliphatic heterocycles. The first-order chi connectivity index (χ1) is 9.65. The number of primary amides is 1. The average Bonchev–Trinajstić information content (AvgIpc) is 2.43. The zero-order valence-electron chi connectivity index (χ0n) is 11.9. The lowest BCUT2D eigenvalue weighted by molar-refractivity contribution is 0.0691. The summed E-state index contributed by atoms with van der Waals surface area (Å²) >= 11 is 0. The van der Waals surface area contributed by atoms with Crippen LogP contribution in [0.4, 0.5) is 11.4 Å². The molecule has 0 aromatic heterocycles. The number of methoxy groups -OCH3 is 1. The van der Waals surface area contributed by atoms with Gasteiger partial charge in [0, 0.05) is 25.8 Å². The molecule has 0 saturated heterocycles. The minimum absolute atomic E-state index is 0.416. The van der Waals surface area contributed by atoms with Gasteiger partial charge in [-0.3, -0.25) is 4.79 Å². The van der Waals surface area contributed by atoms with E-state index in [-0.39, 0.29) is 0 Å². The van der Waals surface area contributed by atoms with E-state index in [4.69, 9.17) is 20.9 Å². The second-order valence-corrected chi connectivity index (χ2v) is 4.41. The van der Waals surface area contributed by atoms with Crippen molar-refractivity contribution < 1.29 is 14.3 Å². The lowest BCUT2D eigenvalue weighted by Crippen LogP contribution is -2.12.